The maximum Gasteiger partial charge on any atom is 0.307 e. The lowest BCUT2D eigenvalue weighted by Crippen LogP contribution is -2.21. The molecule has 0 atom stereocenters. The number of carbonyl (C=O) groups excluding carboxylic acids is 2. The van der Waals surface area contributed by atoms with E-state index < -0.39 is 11.9 Å². The highest BCUT2D eigenvalue weighted by Gasteiger charge is 2.10. The molecule has 1 amide bonds. The van der Waals surface area contributed by atoms with Gasteiger partial charge in [-0.25, -0.2) is 0 Å². The Morgan fingerprint density at radius 3 is 2.54 bits per heavy atom. The number of carbonyl (C=O) groups is 2. The number of benzene rings is 2. The fourth-order valence-electron chi connectivity index (χ4n) is 2.14. The van der Waals surface area contributed by atoms with Gasteiger partial charge in [0, 0.05) is 10.6 Å². The molecule has 0 aliphatic rings. The Morgan fingerprint density at radius 2 is 1.81 bits per heavy atom. The first kappa shape index (κ1) is 19.8. The van der Waals surface area contributed by atoms with Crippen LogP contribution in [0, 0.1) is 6.92 Å². The van der Waals surface area contributed by atoms with E-state index in [-0.39, 0.29) is 13.0 Å². The van der Waals surface area contributed by atoms with Crippen LogP contribution >= 0.6 is 11.8 Å². The largest absolute Gasteiger partial charge is 0.492 e. The highest BCUT2D eigenvalue weighted by molar-refractivity contribution is 7.99. The summed E-state index contributed by atoms with van der Waals surface area (Å²) in [5.74, 6) is 0.412. The number of rotatable bonds is 9. The molecule has 0 saturated heterocycles. The van der Waals surface area contributed by atoms with Crippen LogP contribution in [0.3, 0.4) is 0 Å². The zero-order valence-electron chi connectivity index (χ0n) is 15.0. The van der Waals surface area contributed by atoms with Crippen molar-refractivity contribution >= 4 is 29.3 Å². The van der Waals surface area contributed by atoms with Crippen LogP contribution in [-0.4, -0.2) is 30.8 Å². The summed E-state index contributed by atoms with van der Waals surface area (Å²) >= 11 is 1.58. The summed E-state index contributed by atoms with van der Waals surface area (Å²) in [6.07, 6.45) is 0.251. The predicted molar refractivity (Wildman–Crippen MR) is 104 cm³/mol. The van der Waals surface area contributed by atoms with Crippen molar-refractivity contribution in [3.8, 4) is 5.75 Å². The molecule has 0 radical (unpaired) electrons. The molecule has 0 unspecified atom stereocenters. The number of esters is 1. The van der Waals surface area contributed by atoms with Gasteiger partial charge in [0.15, 0.2) is 6.61 Å². The maximum atomic E-state index is 12.0. The highest BCUT2D eigenvalue weighted by Crippen LogP contribution is 2.23. The minimum Gasteiger partial charge on any atom is -0.492 e. The third-order valence-electron chi connectivity index (χ3n) is 3.42. The number of amides is 1. The van der Waals surface area contributed by atoms with Crippen LogP contribution in [0.4, 0.5) is 5.69 Å². The van der Waals surface area contributed by atoms with E-state index >= 15 is 0 Å². The van der Waals surface area contributed by atoms with Gasteiger partial charge >= 0.3 is 5.97 Å². The lowest BCUT2D eigenvalue weighted by molar-refractivity contribution is -0.146. The molecule has 0 saturated carbocycles. The Balaban J connectivity index is 1.70. The normalized spacial score (nSPS) is 10.2. The molecular weight excluding hydrogens is 350 g/mol. The van der Waals surface area contributed by atoms with Gasteiger partial charge in [-0.1, -0.05) is 29.8 Å². The first-order chi connectivity index (χ1) is 12.6. The number of ether oxygens (including phenoxy) is 2. The predicted octanol–water partition coefficient (Wildman–Crippen LogP) is 4.06. The van der Waals surface area contributed by atoms with Crippen molar-refractivity contribution in [2.45, 2.75) is 25.2 Å². The molecule has 1 N–H and O–H groups in total. The van der Waals surface area contributed by atoms with Gasteiger partial charge in [-0.3, -0.25) is 9.59 Å². The SMILES string of the molecule is CCOc1ccccc1NC(=O)COC(=O)CCSc1ccc(C)cc1. The van der Waals surface area contributed by atoms with Crippen LogP contribution in [0.15, 0.2) is 53.4 Å². The molecule has 0 fully saturated rings. The number of hydrogen-bond acceptors (Lipinski definition) is 5. The zero-order chi connectivity index (χ0) is 18.8. The van der Waals surface area contributed by atoms with Gasteiger partial charge in [-0.2, -0.15) is 0 Å². The van der Waals surface area contributed by atoms with E-state index in [1.54, 1.807) is 30.0 Å². The summed E-state index contributed by atoms with van der Waals surface area (Å²) in [5, 5.41) is 2.69. The van der Waals surface area contributed by atoms with Crippen LogP contribution < -0.4 is 10.1 Å². The first-order valence-corrected chi connectivity index (χ1v) is 9.44. The second-order valence-electron chi connectivity index (χ2n) is 5.55. The van der Waals surface area contributed by atoms with E-state index in [0.29, 0.717) is 23.8 Å². The second-order valence-corrected chi connectivity index (χ2v) is 6.72. The quantitative estimate of drug-likeness (QED) is 0.530. The first-order valence-electron chi connectivity index (χ1n) is 8.45. The lowest BCUT2D eigenvalue weighted by atomic mass is 10.2. The number of para-hydroxylation sites is 2. The summed E-state index contributed by atoms with van der Waals surface area (Å²) < 4.78 is 10.5. The molecule has 2 aromatic rings. The number of aryl methyl sites for hydroxylation is 1. The van der Waals surface area contributed by atoms with Crippen molar-refractivity contribution in [3.05, 3.63) is 54.1 Å². The van der Waals surface area contributed by atoms with Crippen molar-refractivity contribution in [1.29, 1.82) is 0 Å². The number of thioether (sulfide) groups is 1. The summed E-state index contributed by atoms with van der Waals surface area (Å²) in [7, 11) is 0. The van der Waals surface area contributed by atoms with Crippen molar-refractivity contribution in [1.82, 2.24) is 0 Å². The fourth-order valence-corrected chi connectivity index (χ4v) is 2.98. The Morgan fingerprint density at radius 1 is 1.08 bits per heavy atom. The topological polar surface area (TPSA) is 64.6 Å². The van der Waals surface area contributed by atoms with Crippen LogP contribution in [0.2, 0.25) is 0 Å². The average Bonchev–Trinajstić information content (AvgIpc) is 2.63. The molecular formula is C20H23NO4S. The molecule has 0 heterocycles. The van der Waals surface area contributed by atoms with Crippen LogP contribution in [-0.2, 0) is 14.3 Å². The molecule has 0 aromatic heterocycles. The number of hydrogen-bond donors (Lipinski definition) is 1. The second kappa shape index (κ2) is 10.5. The van der Waals surface area contributed by atoms with Crippen LogP contribution in [0.1, 0.15) is 18.9 Å². The minimum absolute atomic E-state index is 0.251. The third-order valence-corrected chi connectivity index (χ3v) is 4.43. The van der Waals surface area contributed by atoms with Gasteiger partial charge in [-0.15, -0.1) is 11.8 Å². The molecule has 0 aliphatic carbocycles. The summed E-state index contributed by atoms with van der Waals surface area (Å²) in [4.78, 5) is 24.8. The summed E-state index contributed by atoms with van der Waals surface area (Å²) in [6, 6.07) is 15.2. The highest BCUT2D eigenvalue weighted by atomic mass is 32.2. The minimum atomic E-state index is -0.392. The molecule has 6 heteroatoms. The fraction of sp³-hybridized carbons (Fsp3) is 0.300. The van der Waals surface area contributed by atoms with Crippen LogP contribution in [0.25, 0.3) is 0 Å². The van der Waals surface area contributed by atoms with E-state index in [1.165, 1.54) is 5.56 Å². The van der Waals surface area contributed by atoms with Crippen LogP contribution in [0.5, 0.6) is 5.75 Å². The zero-order valence-corrected chi connectivity index (χ0v) is 15.8. The number of anilines is 1. The Labute approximate surface area is 158 Å². The molecule has 2 rings (SSSR count). The molecule has 5 nitrogen and oxygen atoms in total. The monoisotopic (exact) mass is 373 g/mol. The molecule has 2 aromatic carbocycles. The van der Waals surface area contributed by atoms with E-state index in [0.717, 1.165) is 4.90 Å². The van der Waals surface area contributed by atoms with Crippen molar-refractivity contribution < 1.29 is 19.1 Å². The summed E-state index contributed by atoms with van der Waals surface area (Å²) in [6.45, 7) is 4.09. The molecule has 0 spiro atoms. The maximum absolute atomic E-state index is 12.0. The lowest BCUT2D eigenvalue weighted by Gasteiger charge is -2.11. The van der Waals surface area contributed by atoms with E-state index in [4.69, 9.17) is 9.47 Å². The van der Waals surface area contributed by atoms with Crippen molar-refractivity contribution in [2.24, 2.45) is 0 Å². The smallest absolute Gasteiger partial charge is 0.307 e. The Hall–Kier alpha value is -2.47. The van der Waals surface area contributed by atoms with Gasteiger partial charge in [0.1, 0.15) is 5.75 Å². The van der Waals surface area contributed by atoms with E-state index in [2.05, 4.69) is 5.32 Å². The van der Waals surface area contributed by atoms with Crippen molar-refractivity contribution in [3.63, 3.8) is 0 Å². The molecule has 26 heavy (non-hydrogen) atoms. The van der Waals surface area contributed by atoms with E-state index in [1.807, 2.05) is 44.2 Å². The number of nitrogens with one attached hydrogen (secondary N) is 1. The van der Waals surface area contributed by atoms with Gasteiger partial charge in [0.2, 0.25) is 0 Å². The van der Waals surface area contributed by atoms with Gasteiger partial charge in [0.25, 0.3) is 5.91 Å². The van der Waals surface area contributed by atoms with Gasteiger partial charge in [0.05, 0.1) is 18.7 Å². The molecule has 0 aliphatic heterocycles. The van der Waals surface area contributed by atoms with Gasteiger partial charge < -0.3 is 14.8 Å². The van der Waals surface area contributed by atoms with Crippen molar-refractivity contribution in [2.75, 3.05) is 24.3 Å². The van der Waals surface area contributed by atoms with E-state index in [9.17, 15) is 9.59 Å². The summed E-state index contributed by atoms with van der Waals surface area (Å²) in [5.41, 5.74) is 1.76. The standard InChI is InChI=1S/C20H23NO4S/c1-3-24-18-7-5-4-6-17(18)21-19(22)14-25-20(23)12-13-26-16-10-8-15(2)9-11-16/h4-11H,3,12-14H2,1-2H3,(H,21,22). The van der Waals surface area contributed by atoms with Gasteiger partial charge in [-0.05, 0) is 38.1 Å². The molecule has 138 valence electrons. The Kier molecular flexibility index (Phi) is 8.02. The Bertz CT molecular complexity index is 731. The molecule has 0 bridgehead atoms. The average molecular weight is 373 g/mol. The third kappa shape index (κ3) is 6.80.